The summed E-state index contributed by atoms with van der Waals surface area (Å²) in [6, 6.07) is 12.7. The summed E-state index contributed by atoms with van der Waals surface area (Å²) in [5, 5.41) is 0. The molecule has 2 aromatic rings. The van der Waals surface area contributed by atoms with Crippen LogP contribution in [0.4, 0.5) is 0 Å². The molecule has 0 spiro atoms. The Morgan fingerprint density at radius 1 is 1.11 bits per heavy atom. The van der Waals surface area contributed by atoms with Crippen LogP contribution in [0.2, 0.25) is 0 Å². The Kier molecular flexibility index (Phi) is 8.70. The summed E-state index contributed by atoms with van der Waals surface area (Å²) in [5.41, 5.74) is 2.72. The molecule has 2 heterocycles. The Morgan fingerprint density at radius 2 is 1.89 bits per heavy atom. The van der Waals surface area contributed by atoms with Gasteiger partial charge in [0.05, 0.1) is 0 Å². The fraction of sp³-hybridized carbons (Fsp3) is 0.217. The molecule has 1 aliphatic heterocycles. The Labute approximate surface area is 199 Å². The van der Waals surface area contributed by atoms with Crippen molar-refractivity contribution in [2.75, 3.05) is 0 Å². The minimum absolute atomic E-state index is 0. The zero-order valence-electron chi connectivity index (χ0n) is 15.8. The van der Waals surface area contributed by atoms with E-state index in [1.807, 2.05) is 24.8 Å². The van der Waals surface area contributed by atoms with E-state index in [0.29, 0.717) is 11.8 Å². The average Bonchev–Trinajstić information content (AvgIpc) is 3.37. The molecule has 0 saturated heterocycles. The van der Waals surface area contributed by atoms with E-state index in [4.69, 9.17) is 4.42 Å². The zero-order valence-corrected chi connectivity index (χ0v) is 20.6. The second-order valence-electron chi connectivity index (χ2n) is 6.68. The SMILES string of the molecule is CCC1=CC2C=CC=C2S1.Cc1ccc(C2[C]([Zr+2])=Cc3ccccc32)o1.[Cl-].[Cl-]. The van der Waals surface area contributed by atoms with Crippen LogP contribution >= 0.6 is 11.8 Å². The Bertz CT molecular complexity index is 955. The van der Waals surface area contributed by atoms with Gasteiger partial charge in [0.2, 0.25) is 0 Å². The minimum Gasteiger partial charge on any atom is -1.00 e. The van der Waals surface area contributed by atoms with Crippen molar-refractivity contribution in [3.63, 3.8) is 0 Å². The molecule has 2 atom stereocenters. The predicted molar refractivity (Wildman–Crippen MR) is 106 cm³/mol. The molecule has 5 heteroatoms. The van der Waals surface area contributed by atoms with Gasteiger partial charge in [0.1, 0.15) is 0 Å². The number of hydrogen-bond donors (Lipinski definition) is 0. The van der Waals surface area contributed by atoms with E-state index >= 15 is 0 Å². The third-order valence-electron chi connectivity index (χ3n) is 4.85. The summed E-state index contributed by atoms with van der Waals surface area (Å²) in [7, 11) is 0. The van der Waals surface area contributed by atoms with E-state index in [9.17, 15) is 0 Å². The minimum atomic E-state index is 0. The molecule has 0 fully saturated rings. The first-order valence-electron chi connectivity index (χ1n) is 9.01. The Hall–Kier alpha value is -0.727. The van der Waals surface area contributed by atoms with Gasteiger partial charge in [-0.25, -0.2) is 0 Å². The molecule has 2 aliphatic carbocycles. The first kappa shape index (κ1) is 23.6. The van der Waals surface area contributed by atoms with Gasteiger partial charge in [-0.05, 0) is 11.3 Å². The summed E-state index contributed by atoms with van der Waals surface area (Å²) < 4.78 is 7.22. The third kappa shape index (κ3) is 4.87. The number of aryl methyl sites for hydroxylation is 1. The van der Waals surface area contributed by atoms with Crippen LogP contribution in [-0.2, 0) is 24.7 Å². The molecule has 0 amide bonds. The van der Waals surface area contributed by atoms with Crippen molar-refractivity contribution in [2.24, 2.45) is 5.92 Å². The number of rotatable bonds is 2. The van der Waals surface area contributed by atoms with Crippen LogP contribution in [0.1, 0.15) is 41.9 Å². The van der Waals surface area contributed by atoms with Gasteiger partial charge < -0.3 is 24.8 Å². The molecule has 2 unspecified atom stereocenters. The van der Waals surface area contributed by atoms with Crippen molar-refractivity contribution < 1.29 is 54.0 Å². The van der Waals surface area contributed by atoms with Gasteiger partial charge in [0.15, 0.2) is 0 Å². The Balaban J connectivity index is 0.000000204. The molecule has 143 valence electrons. The van der Waals surface area contributed by atoms with E-state index in [1.165, 1.54) is 55.4 Å². The van der Waals surface area contributed by atoms with Gasteiger partial charge in [-0.15, -0.1) is 0 Å². The zero-order chi connectivity index (χ0) is 18.1. The summed E-state index contributed by atoms with van der Waals surface area (Å²) in [6.45, 7) is 4.21. The van der Waals surface area contributed by atoms with Gasteiger partial charge in [-0.2, -0.15) is 0 Å². The van der Waals surface area contributed by atoms with Gasteiger partial charge in [-0.3, -0.25) is 0 Å². The molecule has 0 N–H and O–H groups in total. The van der Waals surface area contributed by atoms with Crippen LogP contribution in [0.5, 0.6) is 0 Å². The van der Waals surface area contributed by atoms with Crippen molar-refractivity contribution in [1.82, 2.24) is 0 Å². The number of furan rings is 1. The smallest absolute Gasteiger partial charge is 1.00 e. The number of hydrogen-bond acceptors (Lipinski definition) is 2. The number of fused-ring (bicyclic) bond motifs is 2. The molecular weight excluding hydrogens is 486 g/mol. The van der Waals surface area contributed by atoms with Crippen LogP contribution in [0.15, 0.2) is 78.2 Å². The quantitative estimate of drug-likeness (QED) is 0.595. The van der Waals surface area contributed by atoms with Crippen molar-refractivity contribution in [2.45, 2.75) is 26.2 Å². The molecule has 0 bridgehead atoms. The standard InChI is InChI=1S/C14H11O.C9H10S.2ClH.Zr/c1-10-6-9-14(15-10)13-8-7-11-4-2-3-5-12(11)13;1-2-8-6-7-4-3-5-9(7)10-8;;;/h2-7,9,13H,1H3;3-7H,2H2,1H3;2*1H;/q;;;;+2/p-2. The average molecular weight is 508 g/mol. The van der Waals surface area contributed by atoms with Crippen LogP contribution < -0.4 is 24.8 Å². The van der Waals surface area contributed by atoms with Crippen LogP contribution in [-0.4, -0.2) is 0 Å². The molecule has 1 aromatic carbocycles. The second-order valence-corrected chi connectivity index (χ2v) is 9.30. The molecule has 28 heavy (non-hydrogen) atoms. The molecule has 0 radical (unpaired) electrons. The first-order valence-corrected chi connectivity index (χ1v) is 11.1. The van der Waals surface area contributed by atoms with E-state index < -0.39 is 0 Å². The van der Waals surface area contributed by atoms with Crippen molar-refractivity contribution in [3.05, 3.63) is 96.4 Å². The third-order valence-corrected chi connectivity index (χ3v) is 7.24. The fourth-order valence-corrected chi connectivity index (χ4v) is 5.74. The van der Waals surface area contributed by atoms with Crippen LogP contribution in [0.3, 0.4) is 0 Å². The number of halogens is 2. The molecular formula is C23H21Cl2OSZr. The maximum Gasteiger partial charge on any atom is -1.00 e. The normalized spacial score (nSPS) is 20.6. The predicted octanol–water partition coefficient (Wildman–Crippen LogP) is 0.726. The maximum absolute atomic E-state index is 5.77. The van der Waals surface area contributed by atoms with Gasteiger partial charge in [0.25, 0.3) is 0 Å². The van der Waals surface area contributed by atoms with Crippen molar-refractivity contribution >= 4 is 17.8 Å². The number of thioether (sulfide) groups is 1. The molecule has 3 aliphatic rings. The first-order chi connectivity index (χ1) is 12.7. The van der Waals surface area contributed by atoms with Gasteiger partial charge >= 0.3 is 110 Å². The van der Waals surface area contributed by atoms with Crippen LogP contribution in [0, 0.1) is 12.8 Å². The molecule has 1 aromatic heterocycles. The fourth-order valence-electron chi connectivity index (χ4n) is 3.53. The van der Waals surface area contributed by atoms with E-state index in [1.54, 1.807) is 0 Å². The molecule has 5 rings (SSSR count). The van der Waals surface area contributed by atoms with Crippen molar-refractivity contribution in [1.29, 1.82) is 0 Å². The summed E-state index contributed by atoms with van der Waals surface area (Å²) in [5.74, 6) is 3.05. The van der Waals surface area contributed by atoms with Crippen LogP contribution in [0.25, 0.3) is 6.08 Å². The summed E-state index contributed by atoms with van der Waals surface area (Å²) in [4.78, 5) is 3.04. The van der Waals surface area contributed by atoms with E-state index in [2.05, 4.69) is 67.6 Å². The summed E-state index contributed by atoms with van der Waals surface area (Å²) in [6.07, 6.45) is 12.5. The maximum atomic E-state index is 5.77. The van der Waals surface area contributed by atoms with Crippen molar-refractivity contribution in [3.8, 4) is 0 Å². The van der Waals surface area contributed by atoms with E-state index in [-0.39, 0.29) is 24.8 Å². The Morgan fingerprint density at radius 3 is 2.57 bits per heavy atom. The second kappa shape index (κ2) is 10.3. The monoisotopic (exact) mass is 505 g/mol. The number of benzene rings is 1. The van der Waals surface area contributed by atoms with Gasteiger partial charge in [0, 0.05) is 10.8 Å². The van der Waals surface area contributed by atoms with E-state index in [0.717, 1.165) is 11.5 Å². The van der Waals surface area contributed by atoms with Gasteiger partial charge in [-0.1, -0.05) is 43.0 Å². The summed E-state index contributed by atoms with van der Waals surface area (Å²) >= 11 is 3.41. The largest absolute Gasteiger partial charge is 1.00 e. The molecule has 0 saturated carbocycles. The number of allylic oxidation sites excluding steroid dienone is 7. The molecule has 1 nitrogen and oxygen atoms in total. The topological polar surface area (TPSA) is 13.1 Å².